The summed E-state index contributed by atoms with van der Waals surface area (Å²) < 4.78 is 1.09. The molecule has 1 aromatic rings. The Bertz CT molecular complexity index is 274. The molecular formula is C10H15BrN2. The molecule has 0 saturated heterocycles. The summed E-state index contributed by atoms with van der Waals surface area (Å²) in [6.07, 6.45) is 3.19. The lowest BCUT2D eigenvalue weighted by atomic mass is 10.1. The smallest absolute Gasteiger partial charge is 0.0347 e. The fourth-order valence-corrected chi connectivity index (χ4v) is 1.66. The van der Waals surface area contributed by atoms with E-state index in [1.54, 1.807) is 0 Å². The van der Waals surface area contributed by atoms with Gasteiger partial charge in [-0.1, -0.05) is 15.9 Å². The third-order valence-electron chi connectivity index (χ3n) is 2.01. The number of aryl methyl sites for hydroxylation is 1. The molecule has 0 amide bonds. The predicted octanol–water partition coefficient (Wildman–Crippen LogP) is 2.31. The van der Waals surface area contributed by atoms with Gasteiger partial charge >= 0.3 is 0 Å². The van der Waals surface area contributed by atoms with Gasteiger partial charge in [0.05, 0.1) is 0 Å². The minimum Gasteiger partial charge on any atom is -0.399 e. The highest BCUT2D eigenvalue weighted by molar-refractivity contribution is 9.10. The number of benzene rings is 1. The lowest BCUT2D eigenvalue weighted by Gasteiger charge is -2.05. The van der Waals surface area contributed by atoms with Crippen molar-refractivity contribution in [2.45, 2.75) is 19.3 Å². The van der Waals surface area contributed by atoms with Crippen LogP contribution in [0.5, 0.6) is 0 Å². The van der Waals surface area contributed by atoms with E-state index in [1.807, 2.05) is 12.1 Å². The maximum atomic E-state index is 5.82. The zero-order valence-corrected chi connectivity index (χ0v) is 9.18. The van der Waals surface area contributed by atoms with Gasteiger partial charge in [-0.3, -0.25) is 0 Å². The van der Waals surface area contributed by atoms with Gasteiger partial charge in [0, 0.05) is 10.2 Å². The largest absolute Gasteiger partial charge is 0.399 e. The van der Waals surface area contributed by atoms with E-state index in [-0.39, 0.29) is 0 Å². The Morgan fingerprint density at radius 1 is 1.23 bits per heavy atom. The van der Waals surface area contributed by atoms with E-state index in [1.165, 1.54) is 5.56 Å². The van der Waals surface area contributed by atoms with Gasteiger partial charge < -0.3 is 11.5 Å². The van der Waals surface area contributed by atoms with Crippen molar-refractivity contribution < 1.29 is 0 Å². The highest BCUT2D eigenvalue weighted by Crippen LogP contribution is 2.19. The average Bonchev–Trinajstić information content (AvgIpc) is 2.11. The SMILES string of the molecule is NCCCCc1cc(Br)ccc1N. The van der Waals surface area contributed by atoms with Crippen molar-refractivity contribution in [3.63, 3.8) is 0 Å². The molecule has 0 unspecified atom stereocenters. The summed E-state index contributed by atoms with van der Waals surface area (Å²) >= 11 is 3.43. The van der Waals surface area contributed by atoms with Crippen LogP contribution in [0.2, 0.25) is 0 Å². The third-order valence-corrected chi connectivity index (χ3v) is 2.50. The van der Waals surface area contributed by atoms with Gasteiger partial charge in [0.2, 0.25) is 0 Å². The number of hydrogen-bond acceptors (Lipinski definition) is 2. The third kappa shape index (κ3) is 3.36. The number of rotatable bonds is 4. The second-order valence-electron chi connectivity index (χ2n) is 3.09. The number of nitrogens with two attached hydrogens (primary N) is 2. The molecule has 0 atom stereocenters. The van der Waals surface area contributed by atoms with Crippen molar-refractivity contribution >= 4 is 21.6 Å². The van der Waals surface area contributed by atoms with Gasteiger partial charge in [0.15, 0.2) is 0 Å². The fourth-order valence-electron chi connectivity index (χ4n) is 1.25. The second kappa shape index (κ2) is 5.25. The molecule has 0 saturated carbocycles. The lowest BCUT2D eigenvalue weighted by molar-refractivity contribution is 0.745. The fraction of sp³-hybridized carbons (Fsp3) is 0.400. The standard InChI is InChI=1S/C10H15BrN2/c11-9-4-5-10(13)8(7-9)3-1-2-6-12/h4-5,7H,1-3,6,12-13H2. The Morgan fingerprint density at radius 3 is 2.69 bits per heavy atom. The summed E-state index contributed by atoms with van der Waals surface area (Å²) in [6.45, 7) is 0.758. The molecule has 0 aromatic heterocycles. The first-order valence-electron chi connectivity index (χ1n) is 4.48. The maximum Gasteiger partial charge on any atom is 0.0347 e. The van der Waals surface area contributed by atoms with E-state index in [2.05, 4.69) is 22.0 Å². The van der Waals surface area contributed by atoms with Crippen molar-refractivity contribution in [1.29, 1.82) is 0 Å². The number of anilines is 1. The second-order valence-corrected chi connectivity index (χ2v) is 4.00. The van der Waals surface area contributed by atoms with Gasteiger partial charge in [0.1, 0.15) is 0 Å². The predicted molar refractivity (Wildman–Crippen MR) is 60.5 cm³/mol. The molecule has 13 heavy (non-hydrogen) atoms. The van der Waals surface area contributed by atoms with Crippen LogP contribution in [0.25, 0.3) is 0 Å². The van der Waals surface area contributed by atoms with Crippen molar-refractivity contribution in [3.05, 3.63) is 28.2 Å². The Labute approximate surface area is 87.4 Å². The molecule has 0 fully saturated rings. The molecule has 0 heterocycles. The van der Waals surface area contributed by atoms with E-state index in [0.29, 0.717) is 0 Å². The van der Waals surface area contributed by atoms with E-state index in [4.69, 9.17) is 11.5 Å². The Kier molecular flexibility index (Phi) is 4.25. The Hall–Kier alpha value is -0.540. The van der Waals surface area contributed by atoms with Gasteiger partial charge in [-0.05, 0) is 49.6 Å². The van der Waals surface area contributed by atoms with Crippen LogP contribution in [0.3, 0.4) is 0 Å². The highest BCUT2D eigenvalue weighted by atomic mass is 79.9. The molecule has 0 aliphatic rings. The maximum absolute atomic E-state index is 5.82. The van der Waals surface area contributed by atoms with Crippen LogP contribution in [-0.4, -0.2) is 6.54 Å². The Balaban J connectivity index is 2.59. The van der Waals surface area contributed by atoms with E-state index in [0.717, 1.165) is 36.0 Å². The van der Waals surface area contributed by atoms with Crippen molar-refractivity contribution in [1.82, 2.24) is 0 Å². The van der Waals surface area contributed by atoms with Crippen molar-refractivity contribution in [2.75, 3.05) is 12.3 Å². The molecule has 4 N–H and O–H groups in total. The first-order valence-corrected chi connectivity index (χ1v) is 5.27. The summed E-state index contributed by atoms with van der Waals surface area (Å²) in [4.78, 5) is 0. The molecular weight excluding hydrogens is 228 g/mol. The number of halogens is 1. The number of hydrogen-bond donors (Lipinski definition) is 2. The minimum atomic E-state index is 0.758. The minimum absolute atomic E-state index is 0.758. The monoisotopic (exact) mass is 242 g/mol. The molecule has 2 nitrogen and oxygen atoms in total. The molecule has 0 spiro atoms. The number of nitrogen functional groups attached to an aromatic ring is 1. The molecule has 1 rings (SSSR count). The van der Waals surface area contributed by atoms with Crippen LogP contribution in [0.1, 0.15) is 18.4 Å². The highest BCUT2D eigenvalue weighted by Gasteiger charge is 1.99. The van der Waals surface area contributed by atoms with Crippen LogP contribution in [0.15, 0.2) is 22.7 Å². The summed E-state index contributed by atoms with van der Waals surface area (Å²) in [7, 11) is 0. The average molecular weight is 243 g/mol. The number of unbranched alkanes of at least 4 members (excludes halogenated alkanes) is 1. The van der Waals surface area contributed by atoms with E-state index >= 15 is 0 Å². The zero-order chi connectivity index (χ0) is 9.68. The van der Waals surface area contributed by atoms with E-state index in [9.17, 15) is 0 Å². The molecule has 72 valence electrons. The topological polar surface area (TPSA) is 52.0 Å². The first-order chi connectivity index (χ1) is 6.24. The quantitative estimate of drug-likeness (QED) is 0.629. The van der Waals surface area contributed by atoms with Crippen molar-refractivity contribution in [3.8, 4) is 0 Å². The van der Waals surface area contributed by atoms with Gasteiger partial charge in [-0.15, -0.1) is 0 Å². The normalized spacial score (nSPS) is 10.3. The zero-order valence-electron chi connectivity index (χ0n) is 7.59. The Morgan fingerprint density at radius 2 is 2.00 bits per heavy atom. The molecule has 0 aliphatic carbocycles. The molecule has 3 heteroatoms. The van der Waals surface area contributed by atoms with Gasteiger partial charge in [0.25, 0.3) is 0 Å². The van der Waals surface area contributed by atoms with Crippen molar-refractivity contribution in [2.24, 2.45) is 5.73 Å². The van der Waals surface area contributed by atoms with E-state index < -0.39 is 0 Å². The van der Waals surface area contributed by atoms with Crippen LogP contribution < -0.4 is 11.5 Å². The first kappa shape index (κ1) is 10.5. The molecule has 0 radical (unpaired) electrons. The van der Waals surface area contributed by atoms with Crippen LogP contribution in [0.4, 0.5) is 5.69 Å². The summed E-state index contributed by atoms with van der Waals surface area (Å²) in [5, 5.41) is 0. The van der Waals surface area contributed by atoms with Crippen LogP contribution in [0, 0.1) is 0 Å². The molecule has 0 aliphatic heterocycles. The van der Waals surface area contributed by atoms with Gasteiger partial charge in [-0.25, -0.2) is 0 Å². The summed E-state index contributed by atoms with van der Waals surface area (Å²) in [5.74, 6) is 0. The lowest BCUT2D eigenvalue weighted by Crippen LogP contribution is -2.00. The summed E-state index contributed by atoms with van der Waals surface area (Å²) in [6, 6.07) is 5.97. The summed E-state index contributed by atoms with van der Waals surface area (Å²) in [5.41, 5.74) is 13.3. The van der Waals surface area contributed by atoms with Crippen LogP contribution >= 0.6 is 15.9 Å². The molecule has 1 aromatic carbocycles. The van der Waals surface area contributed by atoms with Crippen LogP contribution in [-0.2, 0) is 6.42 Å². The molecule has 0 bridgehead atoms. The van der Waals surface area contributed by atoms with Gasteiger partial charge in [-0.2, -0.15) is 0 Å².